The fraction of sp³-hybridized carbons (Fsp3) is 0.500. The molecule has 0 aromatic heterocycles. The van der Waals surface area contributed by atoms with Crippen molar-refractivity contribution in [2.45, 2.75) is 30.2 Å². The van der Waals surface area contributed by atoms with Gasteiger partial charge >= 0.3 is 0 Å². The Hall–Kier alpha value is 0.150. The number of benzene rings is 1. The van der Waals surface area contributed by atoms with Crippen LogP contribution >= 0.6 is 39.1 Å². The van der Waals surface area contributed by atoms with Crippen LogP contribution in [0.4, 0.5) is 0 Å². The molecule has 1 atom stereocenters. The van der Waals surface area contributed by atoms with Crippen LogP contribution < -0.4 is 10.0 Å². The Morgan fingerprint density at radius 1 is 1.35 bits per heavy atom. The van der Waals surface area contributed by atoms with Crippen LogP contribution in [0.3, 0.4) is 0 Å². The summed E-state index contributed by atoms with van der Waals surface area (Å²) in [5, 5.41) is 3.53. The summed E-state index contributed by atoms with van der Waals surface area (Å²) in [7, 11) is -3.69. The van der Waals surface area contributed by atoms with Crippen molar-refractivity contribution in [1.82, 2.24) is 10.0 Å². The average Bonchev–Trinajstić information content (AvgIpc) is 2.79. The van der Waals surface area contributed by atoms with E-state index in [1.165, 1.54) is 12.1 Å². The predicted molar refractivity (Wildman–Crippen MR) is 85.0 cm³/mol. The van der Waals surface area contributed by atoms with E-state index in [1.807, 2.05) is 0 Å². The van der Waals surface area contributed by atoms with Crippen molar-refractivity contribution in [2.24, 2.45) is 0 Å². The molecule has 1 aliphatic heterocycles. The maximum Gasteiger partial charge on any atom is 0.243 e. The van der Waals surface area contributed by atoms with E-state index in [4.69, 9.17) is 23.2 Å². The van der Waals surface area contributed by atoms with Gasteiger partial charge in [-0.15, -0.1) is 0 Å². The first-order chi connectivity index (χ1) is 9.40. The van der Waals surface area contributed by atoms with Gasteiger partial charge in [0.2, 0.25) is 10.0 Å². The Bertz CT molecular complexity index is 566. The summed E-state index contributed by atoms with van der Waals surface area (Å²) in [6.45, 7) is 1.37. The SMILES string of the molecule is O=S(=O)(NCCC1CCCN1)c1c(Cl)cc(Br)cc1Cl. The molecule has 1 saturated heterocycles. The zero-order valence-corrected chi connectivity index (χ0v) is 14.5. The second-order valence-electron chi connectivity index (χ2n) is 4.68. The molecule has 1 unspecified atom stereocenters. The topological polar surface area (TPSA) is 58.2 Å². The van der Waals surface area contributed by atoms with Crippen molar-refractivity contribution < 1.29 is 8.42 Å². The normalized spacial score (nSPS) is 19.4. The Balaban J connectivity index is 2.06. The molecule has 0 saturated carbocycles. The lowest BCUT2D eigenvalue weighted by Gasteiger charge is -2.13. The third-order valence-corrected chi connectivity index (χ3v) is 6.02. The third kappa shape index (κ3) is 4.08. The minimum atomic E-state index is -3.69. The second kappa shape index (κ2) is 6.94. The van der Waals surface area contributed by atoms with E-state index < -0.39 is 10.0 Å². The van der Waals surface area contributed by atoms with Crippen molar-refractivity contribution in [1.29, 1.82) is 0 Å². The molecule has 20 heavy (non-hydrogen) atoms. The molecular weight excluding hydrogens is 387 g/mol. The molecule has 1 aromatic rings. The summed E-state index contributed by atoms with van der Waals surface area (Å²) in [6.07, 6.45) is 2.98. The van der Waals surface area contributed by atoms with Gasteiger partial charge in [-0.3, -0.25) is 0 Å². The molecule has 0 radical (unpaired) electrons. The fourth-order valence-electron chi connectivity index (χ4n) is 2.23. The molecule has 0 aliphatic carbocycles. The van der Waals surface area contributed by atoms with Gasteiger partial charge < -0.3 is 5.32 Å². The number of rotatable bonds is 5. The van der Waals surface area contributed by atoms with Gasteiger partial charge in [0.05, 0.1) is 10.0 Å². The van der Waals surface area contributed by atoms with Gasteiger partial charge in [-0.2, -0.15) is 0 Å². The molecule has 0 bridgehead atoms. The summed E-state index contributed by atoms with van der Waals surface area (Å²) in [4.78, 5) is -0.0663. The minimum Gasteiger partial charge on any atom is -0.314 e. The average molecular weight is 402 g/mol. The molecule has 2 N–H and O–H groups in total. The van der Waals surface area contributed by atoms with Gasteiger partial charge in [0.15, 0.2) is 0 Å². The van der Waals surface area contributed by atoms with Crippen LogP contribution in [-0.2, 0) is 10.0 Å². The van der Waals surface area contributed by atoms with Gasteiger partial charge in [-0.05, 0) is 37.9 Å². The monoisotopic (exact) mass is 400 g/mol. The summed E-state index contributed by atoms with van der Waals surface area (Å²) < 4.78 is 27.7. The quantitative estimate of drug-likeness (QED) is 0.796. The zero-order chi connectivity index (χ0) is 14.8. The number of sulfonamides is 1. The molecule has 1 aliphatic rings. The summed E-state index contributed by atoms with van der Waals surface area (Å²) in [6, 6.07) is 3.41. The highest BCUT2D eigenvalue weighted by atomic mass is 79.9. The highest BCUT2D eigenvalue weighted by Crippen LogP contribution is 2.32. The van der Waals surface area contributed by atoms with E-state index in [1.54, 1.807) is 0 Å². The van der Waals surface area contributed by atoms with Crippen LogP contribution in [0.15, 0.2) is 21.5 Å². The standard InChI is InChI=1S/C12H15BrCl2N2O2S/c13-8-6-10(14)12(11(15)7-8)20(18,19)17-5-3-9-2-1-4-16-9/h6-7,9,16-17H,1-5H2. The van der Waals surface area contributed by atoms with Gasteiger partial charge in [0.25, 0.3) is 0 Å². The lowest BCUT2D eigenvalue weighted by atomic mass is 10.2. The van der Waals surface area contributed by atoms with Crippen LogP contribution in [0.1, 0.15) is 19.3 Å². The Morgan fingerprint density at radius 3 is 2.55 bits per heavy atom. The smallest absolute Gasteiger partial charge is 0.243 e. The molecule has 1 aromatic carbocycles. The van der Waals surface area contributed by atoms with Gasteiger partial charge in [-0.1, -0.05) is 39.1 Å². The van der Waals surface area contributed by atoms with Crippen LogP contribution in [0.2, 0.25) is 10.0 Å². The van der Waals surface area contributed by atoms with Gasteiger partial charge in [0.1, 0.15) is 4.90 Å². The van der Waals surface area contributed by atoms with E-state index in [-0.39, 0.29) is 14.9 Å². The number of halogens is 3. The van der Waals surface area contributed by atoms with E-state index >= 15 is 0 Å². The van der Waals surface area contributed by atoms with Crippen molar-refractivity contribution in [3.05, 3.63) is 26.7 Å². The molecule has 8 heteroatoms. The van der Waals surface area contributed by atoms with E-state index in [9.17, 15) is 8.42 Å². The van der Waals surface area contributed by atoms with E-state index in [2.05, 4.69) is 26.0 Å². The van der Waals surface area contributed by atoms with Gasteiger partial charge in [0, 0.05) is 17.1 Å². The third-order valence-electron chi connectivity index (χ3n) is 3.18. The highest BCUT2D eigenvalue weighted by Gasteiger charge is 2.23. The Kier molecular flexibility index (Phi) is 5.73. The van der Waals surface area contributed by atoms with Crippen LogP contribution in [0, 0.1) is 0 Å². The first kappa shape index (κ1) is 16.5. The molecule has 0 amide bonds. The zero-order valence-electron chi connectivity index (χ0n) is 10.6. The molecule has 2 rings (SSSR count). The molecular formula is C12H15BrCl2N2O2S. The summed E-state index contributed by atoms with van der Waals surface area (Å²) in [5.74, 6) is 0. The predicted octanol–water partition coefficient (Wildman–Crippen LogP) is 3.18. The highest BCUT2D eigenvalue weighted by molar-refractivity contribution is 9.10. The lowest BCUT2D eigenvalue weighted by molar-refractivity contribution is 0.539. The summed E-state index contributed by atoms with van der Waals surface area (Å²) in [5.41, 5.74) is 0. The Morgan fingerprint density at radius 2 is 2.00 bits per heavy atom. The first-order valence-electron chi connectivity index (χ1n) is 6.28. The van der Waals surface area contributed by atoms with Crippen LogP contribution in [0.5, 0.6) is 0 Å². The van der Waals surface area contributed by atoms with Crippen molar-refractivity contribution in [3.8, 4) is 0 Å². The number of hydrogen-bond acceptors (Lipinski definition) is 3. The van der Waals surface area contributed by atoms with Crippen LogP contribution in [-0.4, -0.2) is 27.5 Å². The summed E-state index contributed by atoms with van der Waals surface area (Å²) >= 11 is 15.2. The number of nitrogens with one attached hydrogen (secondary N) is 2. The van der Waals surface area contributed by atoms with E-state index in [0.29, 0.717) is 17.1 Å². The minimum absolute atomic E-state index is 0.0663. The Labute approximate surface area is 137 Å². The fourth-order valence-corrected chi connectivity index (χ4v) is 5.21. The van der Waals surface area contributed by atoms with Gasteiger partial charge in [-0.25, -0.2) is 13.1 Å². The van der Waals surface area contributed by atoms with Crippen molar-refractivity contribution >= 4 is 49.2 Å². The second-order valence-corrected chi connectivity index (χ2v) is 8.11. The molecule has 112 valence electrons. The molecule has 1 heterocycles. The first-order valence-corrected chi connectivity index (χ1v) is 9.31. The van der Waals surface area contributed by atoms with Crippen LogP contribution in [0.25, 0.3) is 0 Å². The molecule has 4 nitrogen and oxygen atoms in total. The maximum absolute atomic E-state index is 12.2. The maximum atomic E-state index is 12.2. The largest absolute Gasteiger partial charge is 0.314 e. The molecule has 1 fully saturated rings. The number of hydrogen-bond donors (Lipinski definition) is 2. The van der Waals surface area contributed by atoms with Crippen molar-refractivity contribution in [3.63, 3.8) is 0 Å². The van der Waals surface area contributed by atoms with E-state index in [0.717, 1.165) is 25.8 Å². The van der Waals surface area contributed by atoms with Crippen molar-refractivity contribution in [2.75, 3.05) is 13.1 Å². The molecule has 0 spiro atoms. The lowest BCUT2D eigenvalue weighted by Crippen LogP contribution is -2.31.